The largest absolute Gasteiger partial charge is 0.494 e. The van der Waals surface area contributed by atoms with Gasteiger partial charge in [0.25, 0.3) is 0 Å². The Bertz CT molecular complexity index is 778. The minimum atomic E-state index is -0.571. The summed E-state index contributed by atoms with van der Waals surface area (Å²) in [7, 11) is 2.11. The maximum atomic E-state index is 12.9. The van der Waals surface area contributed by atoms with E-state index in [1.165, 1.54) is 0 Å². The molecule has 1 aromatic rings. The molecule has 2 N–H and O–H groups in total. The second-order valence-corrected chi connectivity index (χ2v) is 7.58. The van der Waals surface area contributed by atoms with E-state index in [0.29, 0.717) is 24.4 Å². The molecular formula is C22H32N4O4. The predicted octanol–water partition coefficient (Wildman–Crippen LogP) is 1.89. The van der Waals surface area contributed by atoms with Crippen LogP contribution in [0.3, 0.4) is 0 Å². The van der Waals surface area contributed by atoms with Gasteiger partial charge in [-0.2, -0.15) is 0 Å². The van der Waals surface area contributed by atoms with Gasteiger partial charge in [0.1, 0.15) is 5.75 Å². The molecule has 0 radical (unpaired) electrons. The maximum absolute atomic E-state index is 12.9. The van der Waals surface area contributed by atoms with Crippen LogP contribution in [0.1, 0.15) is 31.9 Å². The van der Waals surface area contributed by atoms with E-state index in [9.17, 15) is 9.59 Å². The van der Waals surface area contributed by atoms with Crippen LogP contribution in [0.2, 0.25) is 0 Å². The Hall–Kier alpha value is -2.58. The Morgan fingerprint density at radius 2 is 1.87 bits per heavy atom. The summed E-state index contributed by atoms with van der Waals surface area (Å²) >= 11 is 0. The van der Waals surface area contributed by atoms with Gasteiger partial charge in [-0.15, -0.1) is 0 Å². The van der Waals surface area contributed by atoms with E-state index in [0.717, 1.165) is 43.9 Å². The second kappa shape index (κ2) is 10.4. The molecule has 2 amide bonds. The molecule has 8 nitrogen and oxygen atoms in total. The molecule has 0 spiro atoms. The van der Waals surface area contributed by atoms with Gasteiger partial charge in [-0.3, -0.25) is 4.90 Å². The van der Waals surface area contributed by atoms with Crippen molar-refractivity contribution >= 4 is 12.0 Å². The first-order valence-electron chi connectivity index (χ1n) is 10.6. The lowest BCUT2D eigenvalue weighted by Gasteiger charge is -2.32. The molecule has 0 aliphatic carbocycles. The van der Waals surface area contributed by atoms with E-state index in [-0.39, 0.29) is 12.6 Å². The molecular weight excluding hydrogens is 384 g/mol. The monoisotopic (exact) mass is 416 g/mol. The standard InChI is InChI=1S/C22H32N4O4/c1-4-29-17-9-7-16(8-10-17)20-19(21(27)30-5-2)18(23-22(28)24-20)15-26-12-6-11-25(3)13-14-26/h7-10,20H,4-6,11-15H2,1-3H3,(H2,23,24,28)/t20-/m0/s1. The summed E-state index contributed by atoms with van der Waals surface area (Å²) in [4.78, 5) is 29.9. The van der Waals surface area contributed by atoms with Crippen LogP contribution in [0.25, 0.3) is 0 Å². The number of ether oxygens (including phenoxy) is 2. The molecule has 0 aromatic heterocycles. The summed E-state index contributed by atoms with van der Waals surface area (Å²) in [6.07, 6.45) is 1.05. The first kappa shape index (κ1) is 22.1. The number of carbonyl (C=O) groups excluding carboxylic acids is 2. The first-order valence-corrected chi connectivity index (χ1v) is 10.6. The van der Waals surface area contributed by atoms with Gasteiger partial charge in [0.15, 0.2) is 0 Å². The van der Waals surface area contributed by atoms with Gasteiger partial charge < -0.3 is 25.0 Å². The fourth-order valence-corrected chi connectivity index (χ4v) is 3.85. The van der Waals surface area contributed by atoms with Gasteiger partial charge in [-0.05, 0) is 58.1 Å². The van der Waals surface area contributed by atoms with Crippen LogP contribution < -0.4 is 15.4 Å². The van der Waals surface area contributed by atoms with Crippen LogP contribution >= 0.6 is 0 Å². The van der Waals surface area contributed by atoms with Crippen molar-refractivity contribution < 1.29 is 19.1 Å². The first-order chi connectivity index (χ1) is 14.5. The highest BCUT2D eigenvalue weighted by Crippen LogP contribution is 2.29. The smallest absolute Gasteiger partial charge is 0.338 e. The lowest BCUT2D eigenvalue weighted by molar-refractivity contribution is -0.139. The Morgan fingerprint density at radius 1 is 1.10 bits per heavy atom. The minimum absolute atomic E-state index is 0.272. The number of nitrogens with zero attached hydrogens (tertiary/aromatic N) is 2. The molecule has 8 heteroatoms. The SMILES string of the molecule is CCOC(=O)C1=C(CN2CCCN(C)CC2)NC(=O)N[C@H]1c1ccc(OCC)cc1. The summed E-state index contributed by atoms with van der Waals surface area (Å²) in [6.45, 7) is 8.86. The number of urea groups is 1. The number of amides is 2. The molecule has 1 saturated heterocycles. The van der Waals surface area contributed by atoms with Gasteiger partial charge in [0.05, 0.1) is 24.8 Å². The highest BCUT2D eigenvalue weighted by molar-refractivity contribution is 5.95. The van der Waals surface area contributed by atoms with Gasteiger partial charge >= 0.3 is 12.0 Å². The summed E-state index contributed by atoms with van der Waals surface area (Å²) in [5.41, 5.74) is 1.88. The molecule has 1 aromatic carbocycles. The number of nitrogens with one attached hydrogen (secondary N) is 2. The highest BCUT2D eigenvalue weighted by Gasteiger charge is 2.34. The Morgan fingerprint density at radius 3 is 2.57 bits per heavy atom. The van der Waals surface area contributed by atoms with Gasteiger partial charge in [-0.25, -0.2) is 9.59 Å². The van der Waals surface area contributed by atoms with Crippen LogP contribution in [0.5, 0.6) is 5.75 Å². The van der Waals surface area contributed by atoms with Crippen LogP contribution in [-0.2, 0) is 9.53 Å². The Labute approximate surface area is 178 Å². The number of carbonyl (C=O) groups is 2. The number of likely N-dealkylation sites (N-methyl/N-ethyl adjacent to an activating group) is 1. The molecule has 2 heterocycles. The van der Waals surface area contributed by atoms with Crippen molar-refractivity contribution in [2.75, 3.05) is 53.0 Å². The van der Waals surface area contributed by atoms with Crippen molar-refractivity contribution in [2.24, 2.45) is 0 Å². The quantitative estimate of drug-likeness (QED) is 0.661. The molecule has 3 rings (SSSR count). The van der Waals surface area contributed by atoms with Gasteiger partial charge in [0.2, 0.25) is 0 Å². The van der Waals surface area contributed by atoms with Crippen molar-refractivity contribution in [2.45, 2.75) is 26.3 Å². The zero-order chi connectivity index (χ0) is 21.5. The third kappa shape index (κ3) is 5.52. The molecule has 2 aliphatic heterocycles. The average molecular weight is 417 g/mol. The molecule has 164 valence electrons. The predicted molar refractivity (Wildman–Crippen MR) is 114 cm³/mol. The summed E-state index contributed by atoms with van der Waals surface area (Å²) < 4.78 is 10.9. The van der Waals surface area contributed by atoms with Crippen molar-refractivity contribution in [1.29, 1.82) is 0 Å². The fourth-order valence-electron chi connectivity index (χ4n) is 3.85. The topological polar surface area (TPSA) is 83.1 Å². The molecule has 30 heavy (non-hydrogen) atoms. The van der Waals surface area contributed by atoms with E-state index < -0.39 is 12.0 Å². The van der Waals surface area contributed by atoms with E-state index in [1.54, 1.807) is 6.92 Å². The summed E-state index contributed by atoms with van der Waals surface area (Å²) in [6, 6.07) is 6.56. The van der Waals surface area contributed by atoms with Crippen LogP contribution in [0.15, 0.2) is 35.5 Å². The Kier molecular flexibility index (Phi) is 7.70. The second-order valence-electron chi connectivity index (χ2n) is 7.58. The van der Waals surface area contributed by atoms with Crippen molar-refractivity contribution in [1.82, 2.24) is 20.4 Å². The van der Waals surface area contributed by atoms with Crippen LogP contribution in [-0.4, -0.2) is 74.8 Å². The molecule has 1 atom stereocenters. The van der Waals surface area contributed by atoms with E-state index in [2.05, 4.69) is 27.5 Å². The molecule has 1 fully saturated rings. The van der Waals surface area contributed by atoms with Crippen LogP contribution in [0, 0.1) is 0 Å². The zero-order valence-corrected chi connectivity index (χ0v) is 18.1. The fraction of sp³-hybridized carbons (Fsp3) is 0.545. The average Bonchev–Trinajstić information content (AvgIpc) is 2.92. The van der Waals surface area contributed by atoms with Crippen molar-refractivity contribution in [3.63, 3.8) is 0 Å². The van der Waals surface area contributed by atoms with E-state index in [1.807, 2.05) is 31.2 Å². The highest BCUT2D eigenvalue weighted by atomic mass is 16.5. The number of esters is 1. The zero-order valence-electron chi connectivity index (χ0n) is 18.1. The lowest BCUT2D eigenvalue weighted by Crippen LogP contribution is -2.48. The molecule has 0 bridgehead atoms. The van der Waals surface area contributed by atoms with Crippen molar-refractivity contribution in [3.05, 3.63) is 41.1 Å². The maximum Gasteiger partial charge on any atom is 0.338 e. The normalized spacial score (nSPS) is 20.9. The molecule has 2 aliphatic rings. The number of hydrogen-bond donors (Lipinski definition) is 2. The number of hydrogen-bond acceptors (Lipinski definition) is 6. The minimum Gasteiger partial charge on any atom is -0.494 e. The Balaban J connectivity index is 1.92. The van der Waals surface area contributed by atoms with Gasteiger partial charge in [-0.1, -0.05) is 12.1 Å². The summed E-state index contributed by atoms with van der Waals surface area (Å²) in [5, 5.41) is 5.75. The molecule has 0 saturated carbocycles. The van der Waals surface area contributed by atoms with E-state index >= 15 is 0 Å². The van der Waals surface area contributed by atoms with Crippen molar-refractivity contribution in [3.8, 4) is 5.75 Å². The third-order valence-corrected chi connectivity index (χ3v) is 5.37. The van der Waals surface area contributed by atoms with Crippen LogP contribution in [0.4, 0.5) is 4.79 Å². The lowest BCUT2D eigenvalue weighted by atomic mass is 9.95. The summed E-state index contributed by atoms with van der Waals surface area (Å²) in [5.74, 6) is 0.336. The van der Waals surface area contributed by atoms with E-state index in [4.69, 9.17) is 9.47 Å². The van der Waals surface area contributed by atoms with Gasteiger partial charge in [0, 0.05) is 25.3 Å². The third-order valence-electron chi connectivity index (χ3n) is 5.37. The molecule has 0 unspecified atom stereocenters. The number of benzene rings is 1. The number of rotatable bonds is 7.